The molecule has 2 N–H and O–H groups in total. The largest absolute Gasteiger partial charge is 0.480 e. The molecule has 0 saturated carbocycles. The molecule has 0 bridgehead atoms. The molecule has 0 aromatic heterocycles. The Morgan fingerprint density at radius 1 is 1.50 bits per heavy atom. The van der Waals surface area contributed by atoms with Crippen molar-refractivity contribution in [2.45, 2.75) is 12.8 Å². The van der Waals surface area contributed by atoms with E-state index < -0.39 is 7.12 Å². The van der Waals surface area contributed by atoms with E-state index in [2.05, 4.69) is 0 Å². The highest BCUT2D eigenvalue weighted by atomic mass is 16.5. The summed E-state index contributed by atoms with van der Waals surface area (Å²) in [5.41, 5.74) is 0.987. The lowest BCUT2D eigenvalue weighted by atomic mass is 9.87. The van der Waals surface area contributed by atoms with Crippen LogP contribution in [0.15, 0.2) is 11.5 Å². The molecule has 1 rings (SSSR count). The van der Waals surface area contributed by atoms with Crippen LogP contribution in [0.25, 0.3) is 0 Å². The van der Waals surface area contributed by atoms with E-state index in [1.165, 1.54) is 5.98 Å². The first kappa shape index (κ1) is 7.79. The fourth-order valence-electron chi connectivity index (χ4n) is 1.02. The van der Waals surface area contributed by atoms with Crippen LogP contribution in [0.4, 0.5) is 0 Å². The van der Waals surface area contributed by atoms with Crippen LogP contribution in [0.5, 0.6) is 0 Å². The predicted molar refractivity (Wildman–Crippen MR) is 38.3 cm³/mol. The highest BCUT2D eigenvalue weighted by Gasteiger charge is 2.08. The molecule has 0 spiro atoms. The molecule has 1 aliphatic rings. The van der Waals surface area contributed by atoms with E-state index in [4.69, 9.17) is 14.8 Å². The van der Waals surface area contributed by atoms with Crippen molar-refractivity contribution in [1.29, 1.82) is 0 Å². The molecule has 0 aromatic carbocycles. The summed E-state index contributed by atoms with van der Waals surface area (Å²) < 4.78 is 5.09. The molecular weight excluding hydrogens is 131 g/mol. The van der Waals surface area contributed by atoms with Gasteiger partial charge in [-0.15, -0.1) is 0 Å². The van der Waals surface area contributed by atoms with Gasteiger partial charge in [-0.25, -0.2) is 0 Å². The normalized spacial score (nSPS) is 23.2. The van der Waals surface area contributed by atoms with E-state index >= 15 is 0 Å². The van der Waals surface area contributed by atoms with Crippen molar-refractivity contribution in [2.24, 2.45) is 0 Å². The Balaban J connectivity index is 2.37. The molecule has 1 heterocycles. The Kier molecular flexibility index (Phi) is 2.93. The van der Waals surface area contributed by atoms with Gasteiger partial charge in [-0.3, -0.25) is 0 Å². The van der Waals surface area contributed by atoms with Crippen LogP contribution in [0.2, 0.25) is 0 Å². The summed E-state index contributed by atoms with van der Waals surface area (Å²) >= 11 is 0. The maximum atomic E-state index is 8.53. The topological polar surface area (TPSA) is 49.7 Å². The van der Waals surface area contributed by atoms with E-state index in [0.717, 1.165) is 25.0 Å². The molecule has 0 unspecified atom stereocenters. The third-order valence-electron chi connectivity index (χ3n) is 1.46. The molecule has 3 nitrogen and oxygen atoms in total. The van der Waals surface area contributed by atoms with Gasteiger partial charge < -0.3 is 14.8 Å². The number of rotatable bonds is 1. The molecule has 0 radical (unpaired) electrons. The van der Waals surface area contributed by atoms with Gasteiger partial charge in [0.2, 0.25) is 0 Å². The van der Waals surface area contributed by atoms with Crippen molar-refractivity contribution < 1.29 is 14.8 Å². The smallest absolute Gasteiger partial charge is 0.424 e. The average molecular weight is 142 g/mol. The summed E-state index contributed by atoms with van der Waals surface area (Å²) in [5.74, 6) is 1.43. The Morgan fingerprint density at radius 3 is 2.80 bits per heavy atom. The van der Waals surface area contributed by atoms with Crippen molar-refractivity contribution in [3.05, 3.63) is 11.5 Å². The number of hydrogen-bond acceptors (Lipinski definition) is 3. The quantitative estimate of drug-likeness (QED) is 0.495. The second-order valence-electron chi connectivity index (χ2n) is 2.39. The van der Waals surface area contributed by atoms with Gasteiger partial charge >= 0.3 is 7.12 Å². The molecule has 0 aromatic rings. The van der Waals surface area contributed by atoms with Gasteiger partial charge in [0.05, 0.1) is 6.61 Å². The van der Waals surface area contributed by atoms with Crippen molar-refractivity contribution in [2.75, 3.05) is 13.2 Å². The zero-order valence-electron chi connectivity index (χ0n) is 5.79. The lowest BCUT2D eigenvalue weighted by Crippen LogP contribution is -2.14. The van der Waals surface area contributed by atoms with Gasteiger partial charge in [-0.05, 0) is 12.8 Å². The molecule has 0 aliphatic carbocycles. The first-order chi connectivity index (χ1) is 4.79. The van der Waals surface area contributed by atoms with Crippen LogP contribution >= 0.6 is 0 Å². The standard InChI is InChI=1S/C6H11BO3/c8-7(9)4-6-2-1-3-10-5-6/h4,8-9H,1-3,5H2/b6-4-. The van der Waals surface area contributed by atoms with Crippen LogP contribution in [0.1, 0.15) is 12.8 Å². The summed E-state index contributed by atoms with van der Waals surface area (Å²) in [4.78, 5) is 0. The SMILES string of the molecule is OB(O)/C=C1/CCCOC1. The zero-order valence-corrected chi connectivity index (χ0v) is 5.79. The lowest BCUT2D eigenvalue weighted by Gasteiger charge is -2.14. The highest BCUT2D eigenvalue weighted by Crippen LogP contribution is 2.11. The fourth-order valence-corrected chi connectivity index (χ4v) is 1.02. The third kappa shape index (κ3) is 2.52. The minimum Gasteiger partial charge on any atom is -0.424 e. The van der Waals surface area contributed by atoms with Crippen molar-refractivity contribution in [3.8, 4) is 0 Å². The minimum absolute atomic E-state index is 0.553. The van der Waals surface area contributed by atoms with Crippen LogP contribution in [-0.4, -0.2) is 30.4 Å². The molecule has 4 heteroatoms. The molecule has 1 saturated heterocycles. The monoisotopic (exact) mass is 142 g/mol. The molecule has 1 fully saturated rings. The first-order valence-corrected chi connectivity index (χ1v) is 3.42. The number of hydrogen-bond donors (Lipinski definition) is 2. The molecule has 1 aliphatic heterocycles. The summed E-state index contributed by atoms with van der Waals surface area (Å²) in [6.45, 7) is 1.34. The molecule has 56 valence electrons. The Labute approximate surface area is 60.5 Å². The van der Waals surface area contributed by atoms with E-state index in [9.17, 15) is 0 Å². The van der Waals surface area contributed by atoms with Crippen molar-refractivity contribution in [1.82, 2.24) is 0 Å². The molecule has 0 atom stereocenters. The maximum absolute atomic E-state index is 8.53. The Bertz CT molecular complexity index is 125. The Hall–Kier alpha value is -0.315. The van der Waals surface area contributed by atoms with Gasteiger partial charge in [0.1, 0.15) is 0 Å². The molecular formula is C6H11BO3. The average Bonchev–Trinajstić information content (AvgIpc) is 1.88. The van der Waals surface area contributed by atoms with Gasteiger partial charge in [0.15, 0.2) is 0 Å². The summed E-state index contributed by atoms with van der Waals surface area (Å²) in [6.07, 6.45) is 1.91. The van der Waals surface area contributed by atoms with Gasteiger partial charge in [-0.1, -0.05) is 11.5 Å². The van der Waals surface area contributed by atoms with Crippen molar-refractivity contribution >= 4 is 7.12 Å². The second kappa shape index (κ2) is 3.76. The highest BCUT2D eigenvalue weighted by molar-refractivity contribution is 6.47. The molecule has 10 heavy (non-hydrogen) atoms. The summed E-state index contributed by atoms with van der Waals surface area (Å²) in [7, 11) is -1.32. The first-order valence-electron chi connectivity index (χ1n) is 3.42. The Morgan fingerprint density at radius 2 is 2.30 bits per heavy atom. The van der Waals surface area contributed by atoms with Crippen molar-refractivity contribution in [3.63, 3.8) is 0 Å². The van der Waals surface area contributed by atoms with Crippen LogP contribution < -0.4 is 0 Å². The van der Waals surface area contributed by atoms with Crippen LogP contribution in [0, 0.1) is 0 Å². The van der Waals surface area contributed by atoms with E-state index in [0.29, 0.717) is 6.61 Å². The lowest BCUT2D eigenvalue weighted by molar-refractivity contribution is 0.130. The molecule has 0 amide bonds. The predicted octanol–water partition coefficient (Wildman–Crippen LogP) is -0.265. The van der Waals surface area contributed by atoms with Gasteiger partial charge in [-0.2, -0.15) is 0 Å². The summed E-state index contributed by atoms with van der Waals surface area (Å²) in [5, 5.41) is 17.1. The summed E-state index contributed by atoms with van der Waals surface area (Å²) in [6, 6.07) is 0. The van der Waals surface area contributed by atoms with Crippen LogP contribution in [0.3, 0.4) is 0 Å². The van der Waals surface area contributed by atoms with E-state index in [1.807, 2.05) is 0 Å². The zero-order chi connectivity index (χ0) is 7.40. The maximum Gasteiger partial charge on any atom is 0.480 e. The minimum atomic E-state index is -1.32. The van der Waals surface area contributed by atoms with Crippen LogP contribution in [-0.2, 0) is 4.74 Å². The van der Waals surface area contributed by atoms with Gasteiger partial charge in [0.25, 0.3) is 0 Å². The third-order valence-corrected chi connectivity index (χ3v) is 1.46. The number of ether oxygens (including phenoxy) is 1. The van der Waals surface area contributed by atoms with Gasteiger partial charge in [0, 0.05) is 6.61 Å². The van der Waals surface area contributed by atoms with E-state index in [-0.39, 0.29) is 0 Å². The fraction of sp³-hybridized carbons (Fsp3) is 0.667. The van der Waals surface area contributed by atoms with E-state index in [1.54, 1.807) is 0 Å². The second-order valence-corrected chi connectivity index (χ2v) is 2.39.